The number of pyridine rings is 1. The first kappa shape index (κ1) is 14.8. The predicted octanol–water partition coefficient (Wildman–Crippen LogP) is 5.01. The van der Waals surface area contributed by atoms with E-state index in [1.54, 1.807) is 0 Å². The predicted molar refractivity (Wildman–Crippen MR) is 90.0 cm³/mol. The van der Waals surface area contributed by atoms with Crippen molar-refractivity contribution in [1.82, 2.24) is 14.5 Å². The van der Waals surface area contributed by atoms with E-state index >= 15 is 0 Å². The van der Waals surface area contributed by atoms with Crippen molar-refractivity contribution in [2.45, 2.75) is 59.4 Å². The molecule has 2 heterocycles. The molecule has 2 aromatic rings. The van der Waals surface area contributed by atoms with Crippen LogP contribution in [0.3, 0.4) is 0 Å². The molecule has 0 spiro atoms. The molecule has 2 aromatic heterocycles. The standard InChI is InChI=1S/C17H25N3S/c1-12(2)10-17(7-4-5-8-17)11-20-15-14(19-16(20)21)13(3)6-9-18-15/h6,9,12H,4-5,7-8,10-11H2,1-3H3,(H,19,21). The minimum absolute atomic E-state index is 0.410. The van der Waals surface area contributed by atoms with Gasteiger partial charge in [-0.1, -0.05) is 26.7 Å². The minimum Gasteiger partial charge on any atom is -0.329 e. The summed E-state index contributed by atoms with van der Waals surface area (Å²) >= 11 is 5.58. The highest BCUT2D eigenvalue weighted by molar-refractivity contribution is 7.71. The third-order valence-electron chi connectivity index (χ3n) is 4.87. The molecule has 0 bridgehead atoms. The second-order valence-electron chi connectivity index (χ2n) is 7.15. The Hall–Kier alpha value is -1.16. The second kappa shape index (κ2) is 5.56. The molecule has 1 N–H and O–H groups in total. The number of H-pyrrole nitrogens is 1. The number of rotatable bonds is 4. The Morgan fingerprint density at radius 1 is 1.38 bits per heavy atom. The molecule has 0 aliphatic heterocycles. The van der Waals surface area contributed by atoms with Crippen molar-refractivity contribution in [2.24, 2.45) is 11.3 Å². The van der Waals surface area contributed by atoms with Crippen LogP contribution < -0.4 is 0 Å². The van der Waals surface area contributed by atoms with Crippen LogP contribution in [0.15, 0.2) is 12.3 Å². The zero-order valence-corrected chi connectivity index (χ0v) is 14.1. The molecule has 114 valence electrons. The Morgan fingerprint density at radius 3 is 2.76 bits per heavy atom. The summed E-state index contributed by atoms with van der Waals surface area (Å²) in [7, 11) is 0. The quantitative estimate of drug-likeness (QED) is 0.806. The summed E-state index contributed by atoms with van der Waals surface area (Å²) in [5.41, 5.74) is 3.75. The number of hydrogen-bond acceptors (Lipinski definition) is 2. The van der Waals surface area contributed by atoms with Crippen molar-refractivity contribution in [3.63, 3.8) is 0 Å². The summed E-state index contributed by atoms with van der Waals surface area (Å²) in [6.07, 6.45) is 8.54. The van der Waals surface area contributed by atoms with Gasteiger partial charge in [0, 0.05) is 12.7 Å². The molecule has 0 aromatic carbocycles. The number of aromatic amines is 1. The van der Waals surface area contributed by atoms with E-state index in [-0.39, 0.29) is 0 Å². The number of fused-ring (bicyclic) bond motifs is 1. The minimum atomic E-state index is 0.410. The molecular formula is C17H25N3S. The first-order valence-electron chi connectivity index (χ1n) is 8.05. The van der Waals surface area contributed by atoms with Gasteiger partial charge in [0.25, 0.3) is 0 Å². The number of nitrogens with one attached hydrogen (secondary N) is 1. The van der Waals surface area contributed by atoms with E-state index in [2.05, 4.69) is 35.3 Å². The van der Waals surface area contributed by atoms with Crippen molar-refractivity contribution in [2.75, 3.05) is 0 Å². The van der Waals surface area contributed by atoms with Crippen LogP contribution in [0.1, 0.15) is 51.5 Å². The van der Waals surface area contributed by atoms with Gasteiger partial charge in [0.1, 0.15) is 0 Å². The molecule has 0 radical (unpaired) electrons. The van der Waals surface area contributed by atoms with Gasteiger partial charge in [0.2, 0.25) is 0 Å². The number of aryl methyl sites for hydroxylation is 1. The highest BCUT2D eigenvalue weighted by Gasteiger charge is 2.35. The van der Waals surface area contributed by atoms with Gasteiger partial charge < -0.3 is 9.55 Å². The van der Waals surface area contributed by atoms with Crippen molar-refractivity contribution >= 4 is 23.4 Å². The van der Waals surface area contributed by atoms with E-state index in [0.717, 1.165) is 28.4 Å². The molecule has 0 atom stereocenters. The Kier molecular flexibility index (Phi) is 3.91. The SMILES string of the molecule is Cc1ccnc2c1[nH]c(=S)n2CC1(CC(C)C)CCCC1. The van der Waals surface area contributed by atoms with Crippen LogP contribution in [0, 0.1) is 23.0 Å². The van der Waals surface area contributed by atoms with E-state index in [1.807, 2.05) is 12.3 Å². The van der Waals surface area contributed by atoms with Crippen molar-refractivity contribution in [3.05, 3.63) is 22.6 Å². The monoisotopic (exact) mass is 303 g/mol. The number of hydrogen-bond donors (Lipinski definition) is 1. The van der Waals surface area contributed by atoms with E-state index in [1.165, 1.54) is 37.7 Å². The summed E-state index contributed by atoms with van der Waals surface area (Å²) in [5.74, 6) is 0.733. The number of imidazole rings is 1. The maximum atomic E-state index is 5.58. The van der Waals surface area contributed by atoms with Crippen LogP contribution in [0.2, 0.25) is 0 Å². The maximum Gasteiger partial charge on any atom is 0.179 e. The normalized spacial score (nSPS) is 17.9. The molecule has 0 unspecified atom stereocenters. The van der Waals surface area contributed by atoms with Crippen LogP contribution in [-0.4, -0.2) is 14.5 Å². The summed E-state index contributed by atoms with van der Waals surface area (Å²) in [6.45, 7) is 7.79. The van der Waals surface area contributed by atoms with Gasteiger partial charge in [0.15, 0.2) is 10.4 Å². The fourth-order valence-corrected chi connectivity index (χ4v) is 4.33. The van der Waals surface area contributed by atoms with Gasteiger partial charge in [-0.15, -0.1) is 0 Å². The third-order valence-corrected chi connectivity index (χ3v) is 5.19. The van der Waals surface area contributed by atoms with Gasteiger partial charge >= 0.3 is 0 Å². The molecule has 1 aliphatic rings. The topological polar surface area (TPSA) is 33.6 Å². The lowest BCUT2D eigenvalue weighted by molar-refractivity contribution is 0.198. The molecule has 1 aliphatic carbocycles. The van der Waals surface area contributed by atoms with Crippen molar-refractivity contribution in [3.8, 4) is 0 Å². The molecule has 1 saturated carbocycles. The lowest BCUT2D eigenvalue weighted by atomic mass is 9.78. The highest BCUT2D eigenvalue weighted by Crippen LogP contribution is 2.45. The molecule has 21 heavy (non-hydrogen) atoms. The molecule has 1 fully saturated rings. The van der Waals surface area contributed by atoms with Gasteiger partial charge in [-0.3, -0.25) is 0 Å². The largest absolute Gasteiger partial charge is 0.329 e. The molecular weight excluding hydrogens is 278 g/mol. The Bertz CT molecular complexity index is 690. The lowest BCUT2D eigenvalue weighted by Crippen LogP contribution is -2.25. The van der Waals surface area contributed by atoms with Gasteiger partial charge in [0.05, 0.1) is 5.52 Å². The van der Waals surface area contributed by atoms with E-state index in [0.29, 0.717) is 5.41 Å². The van der Waals surface area contributed by atoms with Gasteiger partial charge in [-0.05, 0) is 61.4 Å². The molecule has 0 amide bonds. The van der Waals surface area contributed by atoms with Gasteiger partial charge in [-0.25, -0.2) is 4.98 Å². The van der Waals surface area contributed by atoms with Crippen molar-refractivity contribution < 1.29 is 0 Å². The lowest BCUT2D eigenvalue weighted by Gasteiger charge is -2.31. The number of nitrogens with zero attached hydrogens (tertiary/aromatic N) is 2. The smallest absolute Gasteiger partial charge is 0.179 e. The summed E-state index contributed by atoms with van der Waals surface area (Å²) < 4.78 is 3.06. The first-order valence-corrected chi connectivity index (χ1v) is 8.46. The van der Waals surface area contributed by atoms with E-state index in [9.17, 15) is 0 Å². The Morgan fingerprint density at radius 2 is 2.10 bits per heavy atom. The first-order chi connectivity index (χ1) is 10.0. The zero-order valence-electron chi connectivity index (χ0n) is 13.3. The molecule has 4 heteroatoms. The fourth-order valence-electron chi connectivity index (χ4n) is 4.07. The fraction of sp³-hybridized carbons (Fsp3) is 0.647. The Labute approximate surface area is 131 Å². The van der Waals surface area contributed by atoms with Crippen molar-refractivity contribution in [1.29, 1.82) is 0 Å². The average molecular weight is 303 g/mol. The molecule has 3 rings (SSSR count). The summed E-state index contributed by atoms with van der Waals surface area (Å²) in [5, 5.41) is 0. The van der Waals surface area contributed by atoms with E-state index in [4.69, 9.17) is 12.2 Å². The van der Waals surface area contributed by atoms with Crippen LogP contribution in [0.25, 0.3) is 11.2 Å². The second-order valence-corrected chi connectivity index (χ2v) is 7.53. The number of aromatic nitrogens is 3. The van der Waals surface area contributed by atoms with Crippen LogP contribution in [0.5, 0.6) is 0 Å². The summed E-state index contributed by atoms with van der Waals surface area (Å²) in [6, 6.07) is 2.04. The average Bonchev–Trinajstić information content (AvgIpc) is 2.97. The summed E-state index contributed by atoms with van der Waals surface area (Å²) in [4.78, 5) is 7.94. The highest BCUT2D eigenvalue weighted by atomic mass is 32.1. The molecule has 0 saturated heterocycles. The maximum absolute atomic E-state index is 5.58. The van der Waals surface area contributed by atoms with Crippen LogP contribution in [-0.2, 0) is 6.54 Å². The third kappa shape index (κ3) is 2.78. The Balaban J connectivity index is 2.02. The van der Waals surface area contributed by atoms with Crippen LogP contribution >= 0.6 is 12.2 Å². The zero-order chi connectivity index (χ0) is 15.0. The van der Waals surface area contributed by atoms with Crippen LogP contribution in [0.4, 0.5) is 0 Å². The van der Waals surface area contributed by atoms with E-state index < -0.39 is 0 Å². The molecule has 3 nitrogen and oxygen atoms in total. The van der Waals surface area contributed by atoms with Gasteiger partial charge in [-0.2, -0.15) is 0 Å².